The van der Waals surface area contributed by atoms with Crippen molar-refractivity contribution in [2.45, 2.75) is 26.8 Å². The second-order valence-electron chi connectivity index (χ2n) is 3.88. The summed E-state index contributed by atoms with van der Waals surface area (Å²) in [4.78, 5) is 16.4. The highest BCUT2D eigenvalue weighted by atomic mass is 32.1. The van der Waals surface area contributed by atoms with E-state index in [0.717, 1.165) is 17.1 Å². The fourth-order valence-electron chi connectivity index (χ4n) is 1.35. The first-order valence-corrected chi connectivity index (χ1v) is 6.84. The second-order valence-corrected chi connectivity index (χ2v) is 4.83. The summed E-state index contributed by atoms with van der Waals surface area (Å²) in [6.45, 7) is 5.07. The van der Waals surface area contributed by atoms with E-state index < -0.39 is 0 Å². The van der Waals surface area contributed by atoms with Crippen molar-refractivity contribution >= 4 is 23.2 Å². The van der Waals surface area contributed by atoms with Gasteiger partial charge in [0.1, 0.15) is 5.01 Å². The lowest BCUT2D eigenvalue weighted by Gasteiger charge is -2.06. The fourth-order valence-corrected chi connectivity index (χ4v) is 2.06. The summed E-state index contributed by atoms with van der Waals surface area (Å²) in [5.41, 5.74) is 6.61. The molecule has 0 saturated carbocycles. The summed E-state index contributed by atoms with van der Waals surface area (Å²) < 4.78 is 5.34. The molecule has 0 amide bonds. The van der Waals surface area contributed by atoms with Gasteiger partial charge in [-0.3, -0.25) is 0 Å². The second kappa shape index (κ2) is 6.28. The van der Waals surface area contributed by atoms with Crippen LogP contribution < -0.4 is 15.8 Å². The summed E-state index contributed by atoms with van der Waals surface area (Å²) >= 11 is 1.58. The predicted octanol–water partition coefficient (Wildman–Crippen LogP) is 1.62. The fraction of sp³-hybridized carbons (Fsp3) is 0.455. The van der Waals surface area contributed by atoms with E-state index in [2.05, 4.69) is 25.3 Å². The normalized spacial score (nSPS) is 10.4. The Balaban J connectivity index is 2.01. The van der Waals surface area contributed by atoms with E-state index >= 15 is 0 Å². The number of aromatic nitrogens is 4. The number of ether oxygens (including phenoxy) is 1. The molecule has 3 N–H and O–H groups in total. The van der Waals surface area contributed by atoms with Crippen LogP contribution in [0.4, 0.5) is 11.9 Å². The van der Waals surface area contributed by atoms with E-state index in [0.29, 0.717) is 19.1 Å². The van der Waals surface area contributed by atoms with E-state index in [-0.39, 0.29) is 12.0 Å². The van der Waals surface area contributed by atoms with Crippen LogP contribution in [0.1, 0.15) is 24.0 Å². The lowest BCUT2D eigenvalue weighted by atomic mass is 10.5. The van der Waals surface area contributed by atoms with Gasteiger partial charge in [-0.15, -0.1) is 11.3 Å². The third-order valence-electron chi connectivity index (χ3n) is 2.13. The number of nitrogens with two attached hydrogens (primary N) is 1. The Kier molecular flexibility index (Phi) is 4.45. The zero-order valence-corrected chi connectivity index (χ0v) is 11.7. The highest BCUT2D eigenvalue weighted by Gasteiger charge is 2.06. The van der Waals surface area contributed by atoms with Crippen LogP contribution in [0.5, 0.6) is 6.01 Å². The zero-order valence-electron chi connectivity index (χ0n) is 10.9. The average Bonchev–Trinajstić information content (AvgIpc) is 2.79. The summed E-state index contributed by atoms with van der Waals surface area (Å²) in [5.74, 6) is 0.533. The van der Waals surface area contributed by atoms with Gasteiger partial charge in [-0.05, 0) is 13.3 Å². The number of rotatable bonds is 6. The van der Waals surface area contributed by atoms with Gasteiger partial charge < -0.3 is 15.8 Å². The number of anilines is 2. The Morgan fingerprint density at radius 2 is 2.16 bits per heavy atom. The van der Waals surface area contributed by atoms with Gasteiger partial charge in [0.15, 0.2) is 0 Å². The first-order chi connectivity index (χ1) is 9.17. The molecule has 0 saturated heterocycles. The van der Waals surface area contributed by atoms with Crippen molar-refractivity contribution in [3.8, 4) is 6.01 Å². The van der Waals surface area contributed by atoms with Gasteiger partial charge in [0.2, 0.25) is 11.9 Å². The molecule has 2 heterocycles. The molecule has 2 rings (SSSR count). The van der Waals surface area contributed by atoms with Crippen LogP contribution in [0.3, 0.4) is 0 Å². The topological polar surface area (TPSA) is 98.8 Å². The molecule has 0 spiro atoms. The third kappa shape index (κ3) is 4.02. The van der Waals surface area contributed by atoms with Gasteiger partial charge in [-0.1, -0.05) is 6.92 Å². The van der Waals surface area contributed by atoms with Gasteiger partial charge in [0, 0.05) is 11.1 Å². The minimum atomic E-state index is 0.138. The molecule has 0 aromatic carbocycles. The van der Waals surface area contributed by atoms with Crippen LogP contribution in [0, 0.1) is 6.92 Å². The van der Waals surface area contributed by atoms with Crippen molar-refractivity contribution in [3.05, 3.63) is 16.1 Å². The molecule has 0 bridgehead atoms. The van der Waals surface area contributed by atoms with Crippen molar-refractivity contribution in [2.24, 2.45) is 0 Å². The van der Waals surface area contributed by atoms with Crippen molar-refractivity contribution < 1.29 is 4.74 Å². The molecule has 0 unspecified atom stereocenters. The lowest BCUT2D eigenvalue weighted by molar-refractivity contribution is 0.292. The highest BCUT2D eigenvalue weighted by Crippen LogP contribution is 2.13. The number of aryl methyl sites for hydroxylation is 1. The van der Waals surface area contributed by atoms with E-state index in [1.165, 1.54) is 0 Å². The first-order valence-electron chi connectivity index (χ1n) is 5.96. The van der Waals surface area contributed by atoms with E-state index in [1.54, 1.807) is 11.3 Å². The molecule has 2 aromatic rings. The van der Waals surface area contributed by atoms with Crippen LogP contribution >= 0.6 is 11.3 Å². The number of hydrogen-bond donors (Lipinski definition) is 2. The molecule has 102 valence electrons. The lowest BCUT2D eigenvalue weighted by Crippen LogP contribution is -2.09. The molecule has 0 atom stereocenters. The maximum absolute atomic E-state index is 5.61. The van der Waals surface area contributed by atoms with Crippen molar-refractivity contribution in [2.75, 3.05) is 17.7 Å². The van der Waals surface area contributed by atoms with Gasteiger partial charge in [-0.25, -0.2) is 4.98 Å². The Hall–Kier alpha value is -1.96. The molecule has 19 heavy (non-hydrogen) atoms. The molecule has 0 aliphatic heterocycles. The van der Waals surface area contributed by atoms with E-state index in [9.17, 15) is 0 Å². The third-order valence-corrected chi connectivity index (χ3v) is 3.10. The van der Waals surface area contributed by atoms with Gasteiger partial charge in [0.25, 0.3) is 0 Å². The highest BCUT2D eigenvalue weighted by molar-refractivity contribution is 7.09. The molecular formula is C11H16N6OS. The minimum absolute atomic E-state index is 0.138. The molecule has 0 fully saturated rings. The smallest absolute Gasteiger partial charge is 0.323 e. The molecular weight excluding hydrogens is 264 g/mol. The van der Waals surface area contributed by atoms with Gasteiger partial charge in [0.05, 0.1) is 13.2 Å². The number of nitrogens with zero attached hydrogens (tertiary/aromatic N) is 4. The van der Waals surface area contributed by atoms with Crippen molar-refractivity contribution in [3.63, 3.8) is 0 Å². The summed E-state index contributed by atoms with van der Waals surface area (Å²) in [7, 11) is 0. The van der Waals surface area contributed by atoms with Gasteiger partial charge >= 0.3 is 6.01 Å². The summed E-state index contributed by atoms with van der Waals surface area (Å²) in [5, 5.41) is 6.02. The average molecular weight is 280 g/mol. The summed E-state index contributed by atoms with van der Waals surface area (Å²) in [6.07, 6.45) is 0.882. The van der Waals surface area contributed by atoms with Crippen molar-refractivity contribution in [1.82, 2.24) is 19.9 Å². The van der Waals surface area contributed by atoms with E-state index in [4.69, 9.17) is 10.5 Å². The Bertz CT molecular complexity index is 544. The van der Waals surface area contributed by atoms with Crippen LogP contribution in [0.2, 0.25) is 0 Å². The van der Waals surface area contributed by atoms with Crippen LogP contribution in [0.25, 0.3) is 0 Å². The molecule has 7 nitrogen and oxygen atoms in total. The quantitative estimate of drug-likeness (QED) is 0.829. The largest absolute Gasteiger partial charge is 0.463 e. The molecule has 0 aliphatic carbocycles. The SMILES string of the molecule is CCCOc1nc(N)nc(NCc2nc(C)cs2)n1. The Labute approximate surface area is 115 Å². The first kappa shape index (κ1) is 13.5. The predicted molar refractivity (Wildman–Crippen MR) is 74.2 cm³/mol. The zero-order chi connectivity index (χ0) is 13.7. The monoisotopic (exact) mass is 280 g/mol. The van der Waals surface area contributed by atoms with Crippen molar-refractivity contribution in [1.29, 1.82) is 0 Å². The summed E-state index contributed by atoms with van der Waals surface area (Å²) in [6, 6.07) is 0.243. The Morgan fingerprint density at radius 3 is 2.84 bits per heavy atom. The maximum atomic E-state index is 5.61. The number of hydrogen-bond acceptors (Lipinski definition) is 8. The van der Waals surface area contributed by atoms with E-state index in [1.807, 2.05) is 19.2 Å². The maximum Gasteiger partial charge on any atom is 0.323 e. The standard InChI is InChI=1S/C11H16N6OS/c1-3-4-18-11-16-9(12)15-10(17-11)13-5-8-14-7(2)6-19-8/h6H,3-5H2,1-2H3,(H3,12,13,15,16,17). The van der Waals surface area contributed by atoms with Crippen LogP contribution in [-0.2, 0) is 6.54 Å². The Morgan fingerprint density at radius 1 is 1.32 bits per heavy atom. The van der Waals surface area contributed by atoms with Crippen LogP contribution in [-0.4, -0.2) is 26.5 Å². The number of thiazole rings is 1. The molecule has 0 aliphatic rings. The molecule has 8 heteroatoms. The minimum Gasteiger partial charge on any atom is -0.463 e. The molecule has 2 aromatic heterocycles. The molecule has 0 radical (unpaired) electrons. The van der Waals surface area contributed by atoms with Crippen LogP contribution in [0.15, 0.2) is 5.38 Å². The number of nitrogens with one attached hydrogen (secondary N) is 1. The van der Waals surface area contributed by atoms with Gasteiger partial charge in [-0.2, -0.15) is 15.0 Å². The number of nitrogen functional groups attached to an aromatic ring is 1.